The van der Waals surface area contributed by atoms with Crippen molar-refractivity contribution in [3.05, 3.63) is 35.4 Å². The summed E-state index contributed by atoms with van der Waals surface area (Å²) in [5.41, 5.74) is 6.58. The second-order valence-electron chi connectivity index (χ2n) is 5.56. The quantitative estimate of drug-likeness (QED) is 0.628. The Morgan fingerprint density at radius 1 is 1.17 bits per heavy atom. The molecule has 7 heteroatoms. The first-order valence-electron chi connectivity index (χ1n) is 7.84. The van der Waals surface area contributed by atoms with Crippen LogP contribution in [0.15, 0.2) is 24.3 Å². The van der Waals surface area contributed by atoms with Crippen molar-refractivity contribution in [3.63, 3.8) is 0 Å². The first-order valence-corrected chi connectivity index (χ1v) is 7.84. The molecule has 0 atom stereocenters. The van der Waals surface area contributed by atoms with E-state index in [1.165, 1.54) is 5.56 Å². The lowest BCUT2D eigenvalue weighted by Crippen LogP contribution is -2.41. The average molecular weight is 363 g/mol. The van der Waals surface area contributed by atoms with E-state index in [0.717, 1.165) is 19.3 Å². The maximum absolute atomic E-state index is 12.9. The van der Waals surface area contributed by atoms with E-state index in [9.17, 15) is 18.4 Å². The molecule has 1 aromatic carbocycles. The predicted molar refractivity (Wildman–Crippen MR) is 92.9 cm³/mol. The molecule has 0 saturated heterocycles. The van der Waals surface area contributed by atoms with Gasteiger partial charge in [-0.2, -0.15) is 0 Å². The van der Waals surface area contributed by atoms with Crippen LogP contribution in [0.3, 0.4) is 0 Å². The van der Waals surface area contributed by atoms with Crippen molar-refractivity contribution in [1.82, 2.24) is 5.32 Å². The number of amides is 1. The average Bonchev–Trinajstić information content (AvgIpc) is 2.56. The topological polar surface area (TPSA) is 72.2 Å². The van der Waals surface area contributed by atoms with Crippen molar-refractivity contribution < 1.29 is 18.4 Å². The summed E-state index contributed by atoms with van der Waals surface area (Å²) in [5, 5.41) is 2.09. The molecule has 0 radical (unpaired) electrons. The minimum atomic E-state index is -3.12. The van der Waals surface area contributed by atoms with Crippen LogP contribution in [0, 0.1) is 0 Å². The third-order valence-electron chi connectivity index (χ3n) is 3.52. The van der Waals surface area contributed by atoms with Crippen molar-refractivity contribution >= 4 is 24.1 Å². The van der Waals surface area contributed by atoms with E-state index < -0.39 is 24.9 Å². The molecule has 24 heavy (non-hydrogen) atoms. The number of ketones is 1. The van der Waals surface area contributed by atoms with E-state index in [1.807, 2.05) is 12.1 Å². The molecule has 1 rings (SSSR count). The third-order valence-corrected chi connectivity index (χ3v) is 3.52. The number of Topliss-reactive ketones (excluding diaryl/α,β-unsaturated/α-hetero) is 1. The Morgan fingerprint density at radius 2 is 1.79 bits per heavy atom. The smallest absolute Gasteiger partial charge is 0.277 e. The SMILES string of the molecule is CCCCc1ccc(C(=O)CCC(=O)NCC(F)(F)CN)cc1.Cl. The Bertz CT molecular complexity index is 522. The van der Waals surface area contributed by atoms with Crippen LogP contribution in [0.5, 0.6) is 0 Å². The molecule has 0 aromatic heterocycles. The molecule has 0 saturated carbocycles. The highest BCUT2D eigenvalue weighted by atomic mass is 35.5. The number of carbonyl (C=O) groups excluding carboxylic acids is 2. The van der Waals surface area contributed by atoms with Gasteiger partial charge in [0.25, 0.3) is 5.92 Å². The molecule has 4 nitrogen and oxygen atoms in total. The number of hydrogen-bond donors (Lipinski definition) is 2. The molecule has 0 fully saturated rings. The first kappa shape index (κ1) is 22.5. The number of unbranched alkanes of at least 4 members (excludes halogenated alkanes) is 1. The second-order valence-corrected chi connectivity index (χ2v) is 5.56. The summed E-state index contributed by atoms with van der Waals surface area (Å²) < 4.78 is 25.8. The number of alkyl halides is 2. The van der Waals surface area contributed by atoms with Crippen LogP contribution >= 0.6 is 12.4 Å². The lowest BCUT2D eigenvalue weighted by Gasteiger charge is -2.14. The highest BCUT2D eigenvalue weighted by Gasteiger charge is 2.27. The highest BCUT2D eigenvalue weighted by Crippen LogP contribution is 2.11. The normalized spacial score (nSPS) is 10.8. The van der Waals surface area contributed by atoms with Gasteiger partial charge < -0.3 is 11.1 Å². The van der Waals surface area contributed by atoms with Gasteiger partial charge in [0, 0.05) is 18.4 Å². The van der Waals surface area contributed by atoms with Gasteiger partial charge in [0.15, 0.2) is 5.78 Å². The van der Waals surface area contributed by atoms with Gasteiger partial charge in [-0.05, 0) is 18.4 Å². The molecule has 1 aromatic rings. The van der Waals surface area contributed by atoms with Crippen molar-refractivity contribution in [2.24, 2.45) is 5.73 Å². The molecule has 0 aliphatic carbocycles. The van der Waals surface area contributed by atoms with E-state index in [0.29, 0.717) is 5.56 Å². The van der Waals surface area contributed by atoms with Gasteiger partial charge in [-0.15, -0.1) is 12.4 Å². The number of aryl methyl sites for hydroxylation is 1. The third kappa shape index (κ3) is 8.36. The minimum absolute atomic E-state index is 0. The van der Waals surface area contributed by atoms with Gasteiger partial charge in [0.1, 0.15) is 0 Å². The monoisotopic (exact) mass is 362 g/mol. The Labute approximate surface area is 147 Å². The zero-order chi connectivity index (χ0) is 17.3. The van der Waals surface area contributed by atoms with Gasteiger partial charge in [-0.3, -0.25) is 9.59 Å². The molecule has 1 amide bonds. The first-order chi connectivity index (χ1) is 10.9. The lowest BCUT2D eigenvalue weighted by atomic mass is 10.0. The zero-order valence-electron chi connectivity index (χ0n) is 13.8. The van der Waals surface area contributed by atoms with E-state index in [1.54, 1.807) is 12.1 Å². The number of halogens is 3. The Hall–Kier alpha value is -1.53. The summed E-state index contributed by atoms with van der Waals surface area (Å²) in [4.78, 5) is 23.5. The summed E-state index contributed by atoms with van der Waals surface area (Å²) in [5.74, 6) is -3.87. The fraction of sp³-hybridized carbons (Fsp3) is 0.529. The van der Waals surface area contributed by atoms with Gasteiger partial charge in [0.05, 0.1) is 13.1 Å². The molecular formula is C17H25ClF2N2O2. The lowest BCUT2D eigenvalue weighted by molar-refractivity contribution is -0.122. The number of nitrogens with one attached hydrogen (secondary N) is 1. The maximum atomic E-state index is 12.9. The van der Waals surface area contributed by atoms with Crippen LogP contribution in [0.1, 0.15) is 48.5 Å². The van der Waals surface area contributed by atoms with Gasteiger partial charge in [0.2, 0.25) is 5.91 Å². The van der Waals surface area contributed by atoms with Crippen molar-refractivity contribution in [3.8, 4) is 0 Å². The van der Waals surface area contributed by atoms with Crippen LogP contribution in [-0.4, -0.2) is 30.7 Å². The Morgan fingerprint density at radius 3 is 2.33 bits per heavy atom. The molecule has 0 spiro atoms. The highest BCUT2D eigenvalue weighted by molar-refractivity contribution is 5.97. The van der Waals surface area contributed by atoms with Crippen molar-refractivity contribution in [2.75, 3.05) is 13.1 Å². The molecule has 0 aliphatic heterocycles. The number of carbonyl (C=O) groups is 2. The summed E-state index contributed by atoms with van der Waals surface area (Å²) in [7, 11) is 0. The molecule has 0 bridgehead atoms. The summed E-state index contributed by atoms with van der Waals surface area (Å²) in [6, 6.07) is 7.30. The summed E-state index contributed by atoms with van der Waals surface area (Å²) in [6.45, 7) is 0.492. The summed E-state index contributed by atoms with van der Waals surface area (Å²) >= 11 is 0. The van der Waals surface area contributed by atoms with Gasteiger partial charge >= 0.3 is 0 Å². The van der Waals surface area contributed by atoms with E-state index in [4.69, 9.17) is 5.73 Å². The summed E-state index contributed by atoms with van der Waals surface area (Å²) in [6.07, 6.45) is 3.06. The number of benzene rings is 1. The number of hydrogen-bond acceptors (Lipinski definition) is 3. The molecule has 0 unspecified atom stereocenters. The molecule has 0 heterocycles. The number of rotatable bonds is 10. The van der Waals surface area contributed by atoms with Gasteiger partial charge in [-0.1, -0.05) is 37.6 Å². The fourth-order valence-corrected chi connectivity index (χ4v) is 2.00. The maximum Gasteiger partial charge on any atom is 0.277 e. The van der Waals surface area contributed by atoms with Crippen LogP contribution in [0.25, 0.3) is 0 Å². The van der Waals surface area contributed by atoms with Gasteiger partial charge in [-0.25, -0.2) is 8.78 Å². The van der Waals surface area contributed by atoms with Crippen molar-refractivity contribution in [1.29, 1.82) is 0 Å². The zero-order valence-corrected chi connectivity index (χ0v) is 14.6. The Kier molecular flexibility index (Phi) is 10.4. The molecular weight excluding hydrogens is 338 g/mol. The van der Waals surface area contributed by atoms with Crippen LogP contribution in [0.4, 0.5) is 8.78 Å². The Balaban J connectivity index is 0.00000529. The van der Waals surface area contributed by atoms with Crippen molar-refractivity contribution in [2.45, 2.75) is 45.0 Å². The largest absolute Gasteiger partial charge is 0.350 e. The van der Waals surface area contributed by atoms with E-state index >= 15 is 0 Å². The fourth-order valence-electron chi connectivity index (χ4n) is 2.00. The van der Waals surface area contributed by atoms with Crippen LogP contribution < -0.4 is 11.1 Å². The molecule has 136 valence electrons. The van der Waals surface area contributed by atoms with E-state index in [-0.39, 0.29) is 31.0 Å². The minimum Gasteiger partial charge on any atom is -0.350 e. The van der Waals surface area contributed by atoms with Crippen LogP contribution in [0.2, 0.25) is 0 Å². The second kappa shape index (κ2) is 11.1. The molecule has 0 aliphatic rings. The predicted octanol–water partition coefficient (Wildman–Crippen LogP) is 3.12. The number of nitrogens with two attached hydrogens (primary N) is 1. The van der Waals surface area contributed by atoms with E-state index in [2.05, 4.69) is 12.2 Å². The molecule has 3 N–H and O–H groups in total. The standard InChI is InChI=1S/C17H24F2N2O2.ClH/c1-2-3-4-13-5-7-14(8-6-13)15(22)9-10-16(23)21-12-17(18,19)11-20;/h5-8H,2-4,9-12,20H2,1H3,(H,21,23);1H. The van der Waals surface area contributed by atoms with Crippen LogP contribution in [-0.2, 0) is 11.2 Å².